The smallest absolute Gasteiger partial charge is 0.138 e. The number of nitrogens with zero attached hydrogens (tertiary/aromatic N) is 2. The zero-order valence-corrected chi connectivity index (χ0v) is 5.89. The van der Waals surface area contributed by atoms with Crippen molar-refractivity contribution in [1.82, 2.24) is 5.06 Å². The molecular formula is C4H4Cl2N2O. The monoisotopic (exact) mass is 166 g/mol. The first kappa shape index (κ1) is 6.86. The Balaban J connectivity index is 2.74. The van der Waals surface area contributed by atoms with Gasteiger partial charge in [0.15, 0.2) is 0 Å². The Morgan fingerprint density at radius 1 is 1.67 bits per heavy atom. The maximum Gasteiger partial charge on any atom is 0.138 e. The molecule has 1 rings (SSSR count). The van der Waals surface area contributed by atoms with Gasteiger partial charge in [0.05, 0.1) is 0 Å². The molecule has 0 radical (unpaired) electrons. The number of allylic oxidation sites excluding steroid dienone is 1. The molecule has 0 aromatic heterocycles. The van der Waals surface area contributed by atoms with E-state index in [1.54, 1.807) is 0 Å². The highest BCUT2D eigenvalue weighted by Gasteiger charge is 2.07. The lowest BCUT2D eigenvalue weighted by molar-refractivity contribution is -0.0444. The maximum atomic E-state index is 8.76. The molecule has 0 saturated heterocycles. The lowest BCUT2D eigenvalue weighted by Crippen LogP contribution is -2.19. The predicted octanol–water partition coefficient (Wildman–Crippen LogP) is 1.37. The van der Waals surface area contributed by atoms with Gasteiger partial charge in [0.25, 0.3) is 0 Å². The summed E-state index contributed by atoms with van der Waals surface area (Å²) in [4.78, 5) is 3.66. The molecule has 9 heavy (non-hydrogen) atoms. The number of hydroxylamine groups is 2. The van der Waals surface area contributed by atoms with Crippen molar-refractivity contribution in [1.29, 1.82) is 0 Å². The highest BCUT2D eigenvalue weighted by Crippen LogP contribution is 2.12. The third-order valence-electron chi connectivity index (χ3n) is 0.841. The van der Waals surface area contributed by atoms with Crippen molar-refractivity contribution < 1.29 is 5.21 Å². The molecule has 1 aliphatic rings. The van der Waals surface area contributed by atoms with E-state index in [9.17, 15) is 0 Å². The van der Waals surface area contributed by atoms with Gasteiger partial charge in [-0.05, 0) is 0 Å². The Kier molecular flexibility index (Phi) is 1.95. The third-order valence-corrected chi connectivity index (χ3v) is 1.37. The van der Waals surface area contributed by atoms with Gasteiger partial charge in [-0.25, -0.2) is 10.1 Å². The van der Waals surface area contributed by atoms with Crippen molar-refractivity contribution in [3.8, 4) is 0 Å². The van der Waals surface area contributed by atoms with Crippen LogP contribution in [0.15, 0.2) is 16.2 Å². The van der Waals surface area contributed by atoms with Gasteiger partial charge in [-0.2, -0.15) is 0 Å². The molecule has 0 atom stereocenters. The van der Waals surface area contributed by atoms with Crippen LogP contribution >= 0.6 is 23.2 Å². The van der Waals surface area contributed by atoms with E-state index in [1.165, 1.54) is 6.08 Å². The first-order valence-electron chi connectivity index (χ1n) is 2.23. The van der Waals surface area contributed by atoms with Crippen molar-refractivity contribution in [2.75, 3.05) is 6.67 Å². The summed E-state index contributed by atoms with van der Waals surface area (Å²) in [7, 11) is 0. The second kappa shape index (κ2) is 2.56. The fourth-order valence-electron chi connectivity index (χ4n) is 0.421. The SMILES string of the molecule is ON1CN=C(Cl)C=C1Cl. The van der Waals surface area contributed by atoms with E-state index in [-0.39, 0.29) is 11.8 Å². The molecule has 0 aliphatic carbocycles. The molecule has 0 aromatic carbocycles. The summed E-state index contributed by atoms with van der Waals surface area (Å²) in [6, 6.07) is 0. The normalized spacial score (nSPS) is 19.2. The summed E-state index contributed by atoms with van der Waals surface area (Å²) in [5.74, 6) is 0. The lowest BCUT2D eigenvalue weighted by Gasteiger charge is -2.15. The molecule has 0 saturated carbocycles. The van der Waals surface area contributed by atoms with Crippen molar-refractivity contribution in [3.05, 3.63) is 11.2 Å². The molecule has 1 N–H and O–H groups in total. The lowest BCUT2D eigenvalue weighted by atomic mass is 10.6. The fraction of sp³-hybridized carbons (Fsp3) is 0.250. The van der Waals surface area contributed by atoms with Crippen molar-refractivity contribution in [3.63, 3.8) is 0 Å². The van der Waals surface area contributed by atoms with Crippen LogP contribution < -0.4 is 0 Å². The second-order valence-corrected chi connectivity index (χ2v) is 2.26. The van der Waals surface area contributed by atoms with Crippen LogP contribution in [0.3, 0.4) is 0 Å². The van der Waals surface area contributed by atoms with Gasteiger partial charge in [0.2, 0.25) is 0 Å². The van der Waals surface area contributed by atoms with Crippen LogP contribution in [0, 0.1) is 0 Å². The molecule has 0 unspecified atom stereocenters. The Bertz CT molecular complexity index is 177. The molecule has 1 heterocycles. The van der Waals surface area contributed by atoms with Gasteiger partial charge in [0, 0.05) is 6.08 Å². The van der Waals surface area contributed by atoms with E-state index < -0.39 is 0 Å². The van der Waals surface area contributed by atoms with Gasteiger partial charge in [-0.1, -0.05) is 23.2 Å². The summed E-state index contributed by atoms with van der Waals surface area (Å²) in [6.45, 7) is 0.105. The van der Waals surface area contributed by atoms with E-state index in [2.05, 4.69) is 4.99 Å². The van der Waals surface area contributed by atoms with Crippen LogP contribution in [0.1, 0.15) is 0 Å². The Morgan fingerprint density at radius 3 is 2.78 bits per heavy atom. The third kappa shape index (κ3) is 1.58. The quantitative estimate of drug-likeness (QED) is 0.553. The summed E-state index contributed by atoms with van der Waals surface area (Å²) in [5, 5.41) is 10.1. The minimum Gasteiger partial charge on any atom is -0.286 e. The number of aliphatic imine (C=N–C) groups is 1. The van der Waals surface area contributed by atoms with E-state index in [1.807, 2.05) is 0 Å². The Morgan fingerprint density at radius 2 is 2.33 bits per heavy atom. The average Bonchev–Trinajstić information content (AvgIpc) is 1.80. The van der Waals surface area contributed by atoms with Gasteiger partial charge >= 0.3 is 0 Å². The van der Waals surface area contributed by atoms with E-state index in [4.69, 9.17) is 28.4 Å². The highest BCUT2D eigenvalue weighted by molar-refractivity contribution is 6.69. The van der Waals surface area contributed by atoms with Gasteiger partial charge in [-0.3, -0.25) is 5.21 Å². The van der Waals surface area contributed by atoms with E-state index in [0.717, 1.165) is 5.06 Å². The van der Waals surface area contributed by atoms with Gasteiger partial charge < -0.3 is 0 Å². The van der Waals surface area contributed by atoms with Gasteiger partial charge in [0.1, 0.15) is 17.0 Å². The van der Waals surface area contributed by atoms with Gasteiger partial charge in [-0.15, -0.1) is 0 Å². The first-order chi connectivity index (χ1) is 4.20. The largest absolute Gasteiger partial charge is 0.286 e. The predicted molar refractivity (Wildman–Crippen MR) is 35.7 cm³/mol. The minimum atomic E-state index is 0.105. The molecule has 1 aliphatic heterocycles. The second-order valence-electron chi connectivity index (χ2n) is 1.49. The molecule has 3 nitrogen and oxygen atoms in total. The van der Waals surface area contributed by atoms with Crippen molar-refractivity contribution in [2.45, 2.75) is 0 Å². The van der Waals surface area contributed by atoms with E-state index in [0.29, 0.717) is 5.17 Å². The minimum absolute atomic E-state index is 0.105. The molecule has 0 amide bonds. The van der Waals surface area contributed by atoms with Crippen LogP contribution in [0.2, 0.25) is 0 Å². The molecule has 0 fully saturated rings. The summed E-state index contributed by atoms with van der Waals surface area (Å²) < 4.78 is 0. The first-order valence-corrected chi connectivity index (χ1v) is 2.99. The zero-order chi connectivity index (χ0) is 6.85. The van der Waals surface area contributed by atoms with Crippen LogP contribution in [0.25, 0.3) is 0 Å². The van der Waals surface area contributed by atoms with Crippen LogP contribution in [-0.2, 0) is 0 Å². The van der Waals surface area contributed by atoms with Crippen LogP contribution in [0.5, 0.6) is 0 Å². The summed E-state index contributed by atoms with van der Waals surface area (Å²) >= 11 is 10.9. The molecule has 0 bridgehead atoms. The van der Waals surface area contributed by atoms with Crippen molar-refractivity contribution >= 4 is 28.4 Å². The standard InChI is InChI=1S/C4H4Cl2N2O/c5-3-1-4(6)8(9)2-7-3/h1,9H,2H2. The number of rotatable bonds is 0. The maximum absolute atomic E-state index is 8.76. The average molecular weight is 167 g/mol. The molecule has 0 aromatic rings. The molecular weight excluding hydrogens is 163 g/mol. The summed E-state index contributed by atoms with van der Waals surface area (Å²) in [5.41, 5.74) is 0. The summed E-state index contributed by atoms with van der Waals surface area (Å²) in [6.07, 6.45) is 1.37. The molecule has 0 spiro atoms. The number of halogens is 2. The van der Waals surface area contributed by atoms with Crippen molar-refractivity contribution in [2.24, 2.45) is 4.99 Å². The Labute approximate surface area is 62.1 Å². The topological polar surface area (TPSA) is 35.8 Å². The zero-order valence-electron chi connectivity index (χ0n) is 4.38. The highest BCUT2D eigenvalue weighted by atomic mass is 35.5. The van der Waals surface area contributed by atoms with E-state index >= 15 is 0 Å². The molecule has 50 valence electrons. The van der Waals surface area contributed by atoms with Crippen LogP contribution in [-0.4, -0.2) is 22.1 Å². The fourth-order valence-corrected chi connectivity index (χ4v) is 0.790. The molecule has 5 heteroatoms. The number of hydrogen-bond acceptors (Lipinski definition) is 3. The number of hydrogen-bond donors (Lipinski definition) is 1. The Hall–Kier alpha value is -0.250. The van der Waals surface area contributed by atoms with Crippen LogP contribution in [0.4, 0.5) is 0 Å².